The number of methoxy groups -OCH3 is 1. The largest absolute Gasteiger partial charge is 0.495 e. The quantitative estimate of drug-likeness (QED) is 0.368. The van der Waals surface area contributed by atoms with Crippen molar-refractivity contribution in [2.75, 3.05) is 19.0 Å². The van der Waals surface area contributed by atoms with Gasteiger partial charge in [0.15, 0.2) is 0 Å². The van der Waals surface area contributed by atoms with Crippen molar-refractivity contribution in [1.29, 1.82) is 0 Å². The molecule has 7 nitrogen and oxygen atoms in total. The minimum atomic E-state index is -3.93. The van der Waals surface area contributed by atoms with Crippen LogP contribution in [0.25, 0.3) is 10.2 Å². The lowest BCUT2D eigenvalue weighted by Gasteiger charge is -2.22. The molecule has 34 heavy (non-hydrogen) atoms. The zero-order chi connectivity index (χ0) is 24.3. The molecular weight excluding hydrogens is 470 g/mol. The van der Waals surface area contributed by atoms with Crippen molar-refractivity contribution in [3.8, 4) is 5.75 Å². The number of thiazole rings is 1. The van der Waals surface area contributed by atoms with E-state index in [0.29, 0.717) is 5.69 Å². The number of fused-ring (bicyclic) bond motifs is 1. The molecule has 0 aliphatic heterocycles. The number of carbonyl (C=O) groups excluding carboxylic acids is 1. The number of nitrogens with zero attached hydrogens (tertiary/aromatic N) is 2. The summed E-state index contributed by atoms with van der Waals surface area (Å²) in [5, 5.41) is 3.79. The number of hydrogen-bond donors (Lipinski definition) is 1. The van der Waals surface area contributed by atoms with Crippen LogP contribution < -0.4 is 10.1 Å². The van der Waals surface area contributed by atoms with Gasteiger partial charge in [0.2, 0.25) is 10.0 Å². The van der Waals surface area contributed by atoms with Crippen molar-refractivity contribution in [2.45, 2.75) is 25.3 Å². The lowest BCUT2D eigenvalue weighted by molar-refractivity contribution is 0.102. The first-order valence-electron chi connectivity index (χ1n) is 10.7. The second-order valence-corrected chi connectivity index (χ2v) is 10.8. The Morgan fingerprint density at radius 1 is 1.09 bits per heavy atom. The average molecular weight is 496 g/mol. The Morgan fingerprint density at radius 2 is 1.85 bits per heavy atom. The van der Waals surface area contributed by atoms with E-state index >= 15 is 0 Å². The number of carbonyl (C=O) groups is 1. The van der Waals surface area contributed by atoms with Gasteiger partial charge in [-0.2, -0.15) is 4.31 Å². The van der Waals surface area contributed by atoms with Gasteiger partial charge in [-0.15, -0.1) is 11.3 Å². The van der Waals surface area contributed by atoms with Gasteiger partial charge >= 0.3 is 0 Å². The molecule has 0 bridgehead atoms. The third-order valence-corrected chi connectivity index (χ3v) is 8.23. The van der Waals surface area contributed by atoms with Crippen molar-refractivity contribution >= 4 is 43.2 Å². The van der Waals surface area contributed by atoms with Crippen molar-refractivity contribution in [2.24, 2.45) is 0 Å². The maximum absolute atomic E-state index is 13.5. The number of aryl methyl sites for hydroxylation is 1. The molecule has 0 unspecified atom stereocenters. The molecule has 0 fully saturated rings. The van der Waals surface area contributed by atoms with Gasteiger partial charge in [-0.25, -0.2) is 13.4 Å². The zero-order valence-corrected chi connectivity index (χ0v) is 20.7. The second-order valence-electron chi connectivity index (χ2n) is 7.65. The number of amides is 1. The van der Waals surface area contributed by atoms with Crippen LogP contribution in [0.2, 0.25) is 0 Å². The highest BCUT2D eigenvalue weighted by molar-refractivity contribution is 7.89. The molecule has 1 aromatic heterocycles. The molecule has 1 N–H and O–H groups in total. The Balaban J connectivity index is 1.63. The van der Waals surface area contributed by atoms with Gasteiger partial charge in [-0.1, -0.05) is 37.3 Å². The third kappa shape index (κ3) is 4.96. The van der Waals surface area contributed by atoms with Crippen molar-refractivity contribution in [3.63, 3.8) is 0 Å². The van der Waals surface area contributed by atoms with E-state index in [-0.39, 0.29) is 29.3 Å². The topological polar surface area (TPSA) is 88.6 Å². The fourth-order valence-electron chi connectivity index (χ4n) is 3.63. The molecule has 0 aliphatic carbocycles. The standard InChI is InChI=1S/C25H25N3O4S2/c1-4-28(16-18-8-6-5-7-9-18)34(30,31)24-14-19(10-13-22(24)32-3)25(29)27-20-11-12-21-23(15-20)33-17(2)26-21/h5-15H,4,16H2,1-3H3,(H,27,29). The second kappa shape index (κ2) is 9.92. The molecule has 1 heterocycles. The van der Waals surface area contributed by atoms with Gasteiger partial charge in [0.1, 0.15) is 10.6 Å². The van der Waals surface area contributed by atoms with Crippen LogP contribution in [0, 0.1) is 6.92 Å². The highest BCUT2D eigenvalue weighted by Gasteiger charge is 2.28. The summed E-state index contributed by atoms with van der Waals surface area (Å²) in [5.41, 5.74) is 2.57. The van der Waals surface area contributed by atoms with E-state index in [1.165, 1.54) is 23.5 Å². The number of rotatable bonds is 8. The predicted molar refractivity (Wildman–Crippen MR) is 135 cm³/mol. The van der Waals surface area contributed by atoms with E-state index in [1.54, 1.807) is 30.4 Å². The molecule has 0 atom stereocenters. The first-order valence-corrected chi connectivity index (χ1v) is 13.0. The summed E-state index contributed by atoms with van der Waals surface area (Å²) in [6.07, 6.45) is 0. The van der Waals surface area contributed by atoms with E-state index in [4.69, 9.17) is 4.74 Å². The normalized spacial score (nSPS) is 11.6. The highest BCUT2D eigenvalue weighted by atomic mass is 32.2. The van der Waals surface area contributed by atoms with Crippen LogP contribution >= 0.6 is 11.3 Å². The molecule has 176 valence electrons. The first kappa shape index (κ1) is 23.9. The van der Waals surface area contributed by atoms with Crippen LogP contribution in [0.3, 0.4) is 0 Å². The molecule has 3 aromatic carbocycles. The number of nitrogens with one attached hydrogen (secondary N) is 1. The van der Waals surface area contributed by atoms with Crippen LogP contribution in [0.5, 0.6) is 5.75 Å². The number of sulfonamides is 1. The molecule has 0 spiro atoms. The van der Waals surface area contributed by atoms with E-state index in [9.17, 15) is 13.2 Å². The maximum Gasteiger partial charge on any atom is 0.255 e. The van der Waals surface area contributed by atoms with Gasteiger partial charge in [0.25, 0.3) is 5.91 Å². The number of hydrogen-bond acceptors (Lipinski definition) is 6. The lowest BCUT2D eigenvalue weighted by Crippen LogP contribution is -2.31. The molecule has 4 rings (SSSR count). The van der Waals surface area contributed by atoms with Crippen molar-refractivity contribution < 1.29 is 17.9 Å². The minimum absolute atomic E-state index is 0.0473. The summed E-state index contributed by atoms with van der Waals surface area (Å²) in [7, 11) is -2.51. The molecule has 9 heteroatoms. The Labute approximate surface area is 203 Å². The van der Waals surface area contributed by atoms with Crippen LogP contribution in [0.4, 0.5) is 5.69 Å². The number of benzene rings is 3. The van der Waals surface area contributed by atoms with Gasteiger partial charge in [-0.05, 0) is 48.9 Å². The van der Waals surface area contributed by atoms with Gasteiger partial charge < -0.3 is 10.1 Å². The van der Waals surface area contributed by atoms with Gasteiger partial charge in [0.05, 0.1) is 22.3 Å². The van der Waals surface area contributed by atoms with E-state index < -0.39 is 15.9 Å². The highest BCUT2D eigenvalue weighted by Crippen LogP contribution is 2.30. The maximum atomic E-state index is 13.5. The van der Waals surface area contributed by atoms with Gasteiger partial charge in [0, 0.05) is 24.3 Å². The fourth-order valence-corrected chi connectivity index (χ4v) is 6.12. The van der Waals surface area contributed by atoms with E-state index in [1.807, 2.05) is 49.4 Å². The molecule has 4 aromatic rings. The Bertz CT molecular complexity index is 1430. The van der Waals surface area contributed by atoms with E-state index in [0.717, 1.165) is 20.8 Å². The summed E-state index contributed by atoms with van der Waals surface area (Å²) >= 11 is 1.54. The first-order chi connectivity index (χ1) is 16.3. The SMILES string of the molecule is CCN(Cc1ccccc1)S(=O)(=O)c1cc(C(=O)Nc2ccc3nc(C)sc3c2)ccc1OC. The van der Waals surface area contributed by atoms with Crippen molar-refractivity contribution in [1.82, 2.24) is 9.29 Å². The molecule has 0 saturated heterocycles. The summed E-state index contributed by atoms with van der Waals surface area (Å²) in [6.45, 7) is 4.19. The van der Waals surface area contributed by atoms with Crippen LogP contribution in [0.15, 0.2) is 71.6 Å². The lowest BCUT2D eigenvalue weighted by atomic mass is 10.2. The molecule has 1 amide bonds. The molecule has 0 saturated carbocycles. The summed E-state index contributed by atoms with van der Waals surface area (Å²) in [4.78, 5) is 17.4. The monoisotopic (exact) mass is 495 g/mol. The smallest absolute Gasteiger partial charge is 0.255 e. The predicted octanol–water partition coefficient (Wildman–Crippen LogP) is 5.08. The third-order valence-electron chi connectivity index (χ3n) is 5.35. The molecular formula is C25H25N3O4S2. The number of ether oxygens (including phenoxy) is 1. The fraction of sp³-hybridized carbons (Fsp3) is 0.200. The summed E-state index contributed by atoms with van der Waals surface area (Å²) in [6, 6.07) is 19.3. The number of aromatic nitrogens is 1. The van der Waals surface area contributed by atoms with Crippen LogP contribution in [0.1, 0.15) is 27.9 Å². The van der Waals surface area contributed by atoms with Crippen LogP contribution in [-0.2, 0) is 16.6 Å². The summed E-state index contributed by atoms with van der Waals surface area (Å²) < 4.78 is 34.7. The molecule has 0 aliphatic rings. The number of anilines is 1. The zero-order valence-electron chi connectivity index (χ0n) is 19.1. The van der Waals surface area contributed by atoms with E-state index in [2.05, 4.69) is 10.3 Å². The van der Waals surface area contributed by atoms with Crippen molar-refractivity contribution in [3.05, 3.63) is 82.9 Å². The molecule has 0 radical (unpaired) electrons. The summed E-state index contributed by atoms with van der Waals surface area (Å²) in [5.74, 6) is -0.226. The minimum Gasteiger partial charge on any atom is -0.495 e. The average Bonchev–Trinajstić information content (AvgIpc) is 3.21. The van der Waals surface area contributed by atoms with Crippen LogP contribution in [-0.4, -0.2) is 37.3 Å². The Kier molecular flexibility index (Phi) is 6.97. The Morgan fingerprint density at radius 3 is 2.56 bits per heavy atom. The Hall–Kier alpha value is -3.27. The van der Waals surface area contributed by atoms with Gasteiger partial charge in [-0.3, -0.25) is 4.79 Å².